The minimum Gasteiger partial charge on any atom is -0.361 e. The number of hydrogen-bond donors (Lipinski definition) is 0. The van der Waals surface area contributed by atoms with E-state index in [0.29, 0.717) is 0 Å². The van der Waals surface area contributed by atoms with Gasteiger partial charge in [0.05, 0.1) is 28.8 Å². The highest BCUT2D eigenvalue weighted by molar-refractivity contribution is 5.70. The highest BCUT2D eigenvalue weighted by Gasteiger charge is 2.22. The molecular formula is C24H25FN4O. The Kier molecular flexibility index (Phi) is 5.50. The van der Waals surface area contributed by atoms with Gasteiger partial charge in [-0.3, -0.25) is 0 Å². The summed E-state index contributed by atoms with van der Waals surface area (Å²) in [5.74, 6) is 0.540. The van der Waals surface area contributed by atoms with Gasteiger partial charge in [-0.2, -0.15) is 5.10 Å². The monoisotopic (exact) mass is 404 g/mol. The van der Waals surface area contributed by atoms with Crippen molar-refractivity contribution in [3.05, 3.63) is 77.6 Å². The molecule has 0 amide bonds. The SMILES string of the molecule is CCN(C)Cc1cnn(-c2ccc(-c3ccc(F)cc3)cc2)c1-c1c(C)noc1C. The summed E-state index contributed by atoms with van der Waals surface area (Å²) in [4.78, 5) is 2.24. The van der Waals surface area contributed by atoms with Gasteiger partial charge in [0, 0.05) is 12.1 Å². The summed E-state index contributed by atoms with van der Waals surface area (Å²) in [7, 11) is 2.09. The molecule has 2 aromatic carbocycles. The molecule has 0 saturated heterocycles. The van der Waals surface area contributed by atoms with Crippen LogP contribution in [0.5, 0.6) is 0 Å². The molecule has 0 aliphatic heterocycles. The first-order valence-corrected chi connectivity index (χ1v) is 10.0. The second-order valence-corrected chi connectivity index (χ2v) is 7.51. The van der Waals surface area contributed by atoms with Crippen LogP contribution in [0.4, 0.5) is 4.39 Å². The van der Waals surface area contributed by atoms with E-state index in [9.17, 15) is 4.39 Å². The van der Waals surface area contributed by atoms with Crippen molar-refractivity contribution in [3.8, 4) is 28.1 Å². The molecule has 0 spiro atoms. The van der Waals surface area contributed by atoms with Crippen LogP contribution >= 0.6 is 0 Å². The number of halogens is 1. The fraction of sp³-hybridized carbons (Fsp3) is 0.250. The molecule has 0 N–H and O–H groups in total. The third kappa shape index (κ3) is 3.78. The Morgan fingerprint density at radius 2 is 1.63 bits per heavy atom. The van der Waals surface area contributed by atoms with Crippen LogP contribution in [0.15, 0.2) is 59.3 Å². The Morgan fingerprint density at radius 3 is 2.20 bits per heavy atom. The van der Waals surface area contributed by atoms with Crippen molar-refractivity contribution in [2.75, 3.05) is 13.6 Å². The van der Waals surface area contributed by atoms with E-state index in [1.165, 1.54) is 12.1 Å². The average Bonchev–Trinajstić information content (AvgIpc) is 3.30. The maximum absolute atomic E-state index is 13.2. The molecule has 0 saturated carbocycles. The van der Waals surface area contributed by atoms with Crippen LogP contribution in [0.1, 0.15) is 23.9 Å². The summed E-state index contributed by atoms with van der Waals surface area (Å²) >= 11 is 0. The normalized spacial score (nSPS) is 11.4. The molecule has 0 radical (unpaired) electrons. The number of hydrogen-bond acceptors (Lipinski definition) is 4. The number of aryl methyl sites for hydroxylation is 2. The first-order valence-electron chi connectivity index (χ1n) is 10.0. The van der Waals surface area contributed by atoms with Crippen LogP contribution in [0.2, 0.25) is 0 Å². The second kappa shape index (κ2) is 8.24. The van der Waals surface area contributed by atoms with Gasteiger partial charge < -0.3 is 9.42 Å². The van der Waals surface area contributed by atoms with Crippen LogP contribution in [-0.4, -0.2) is 33.4 Å². The van der Waals surface area contributed by atoms with Crippen molar-refractivity contribution >= 4 is 0 Å². The van der Waals surface area contributed by atoms with Crippen molar-refractivity contribution in [1.29, 1.82) is 0 Å². The topological polar surface area (TPSA) is 47.1 Å². The number of benzene rings is 2. The van der Waals surface area contributed by atoms with Gasteiger partial charge in [0.15, 0.2) is 0 Å². The molecule has 5 nitrogen and oxygen atoms in total. The Balaban J connectivity index is 1.78. The first kappa shape index (κ1) is 20.0. The largest absolute Gasteiger partial charge is 0.361 e. The molecule has 0 fully saturated rings. The quantitative estimate of drug-likeness (QED) is 0.432. The molecule has 6 heteroatoms. The van der Waals surface area contributed by atoms with Gasteiger partial charge in [-0.1, -0.05) is 36.3 Å². The summed E-state index contributed by atoms with van der Waals surface area (Å²) in [6.45, 7) is 7.74. The zero-order valence-corrected chi connectivity index (χ0v) is 17.7. The van der Waals surface area contributed by atoms with Gasteiger partial charge in [0.1, 0.15) is 11.6 Å². The van der Waals surface area contributed by atoms with E-state index in [2.05, 4.69) is 24.0 Å². The second-order valence-electron chi connectivity index (χ2n) is 7.51. The maximum Gasteiger partial charge on any atom is 0.143 e. The molecule has 2 heterocycles. The summed E-state index contributed by atoms with van der Waals surface area (Å²) in [5, 5.41) is 8.84. The zero-order valence-electron chi connectivity index (χ0n) is 17.7. The predicted octanol–water partition coefficient (Wildman–Crippen LogP) is 5.40. The van der Waals surface area contributed by atoms with Crippen LogP contribution in [0.25, 0.3) is 28.1 Å². The van der Waals surface area contributed by atoms with E-state index in [0.717, 1.165) is 58.2 Å². The van der Waals surface area contributed by atoms with Gasteiger partial charge in [-0.05, 0) is 62.8 Å². The van der Waals surface area contributed by atoms with Crippen LogP contribution in [0, 0.1) is 19.7 Å². The van der Waals surface area contributed by atoms with E-state index in [1.807, 2.05) is 49.0 Å². The van der Waals surface area contributed by atoms with Gasteiger partial charge in [0.2, 0.25) is 0 Å². The number of aromatic nitrogens is 3. The van der Waals surface area contributed by atoms with Gasteiger partial charge in [-0.15, -0.1) is 0 Å². The molecule has 0 unspecified atom stereocenters. The molecule has 30 heavy (non-hydrogen) atoms. The van der Waals surface area contributed by atoms with Crippen molar-refractivity contribution in [2.45, 2.75) is 27.3 Å². The lowest BCUT2D eigenvalue weighted by molar-refractivity contribution is 0.346. The molecule has 0 bridgehead atoms. The van der Waals surface area contributed by atoms with E-state index in [1.54, 1.807) is 12.1 Å². The van der Waals surface area contributed by atoms with Crippen LogP contribution in [-0.2, 0) is 6.54 Å². The lowest BCUT2D eigenvalue weighted by Gasteiger charge is -2.15. The van der Waals surface area contributed by atoms with E-state index >= 15 is 0 Å². The van der Waals surface area contributed by atoms with Crippen LogP contribution < -0.4 is 0 Å². The molecule has 2 aromatic heterocycles. The smallest absolute Gasteiger partial charge is 0.143 e. The summed E-state index contributed by atoms with van der Waals surface area (Å²) < 4.78 is 20.6. The first-order chi connectivity index (χ1) is 14.5. The Labute approximate surface area is 175 Å². The average molecular weight is 404 g/mol. The Hall–Kier alpha value is -3.25. The standard InChI is InChI=1S/C24H25FN4O/c1-5-28(4)15-20-14-26-29(24(20)23-16(2)27-30-17(23)3)22-12-8-19(9-13-22)18-6-10-21(25)11-7-18/h6-14H,5,15H2,1-4H3. The van der Waals surface area contributed by atoms with Crippen molar-refractivity contribution in [1.82, 2.24) is 19.8 Å². The Morgan fingerprint density at radius 1 is 1.00 bits per heavy atom. The van der Waals surface area contributed by atoms with E-state index < -0.39 is 0 Å². The van der Waals surface area contributed by atoms with Crippen molar-refractivity contribution in [3.63, 3.8) is 0 Å². The van der Waals surface area contributed by atoms with Crippen molar-refractivity contribution < 1.29 is 8.91 Å². The molecule has 4 rings (SSSR count). The molecule has 0 aliphatic rings. The van der Waals surface area contributed by atoms with Gasteiger partial charge >= 0.3 is 0 Å². The maximum atomic E-state index is 13.2. The fourth-order valence-electron chi connectivity index (χ4n) is 3.62. The minimum absolute atomic E-state index is 0.236. The molecule has 0 atom stereocenters. The Bertz CT molecular complexity index is 1120. The van der Waals surface area contributed by atoms with Crippen molar-refractivity contribution in [2.24, 2.45) is 0 Å². The lowest BCUT2D eigenvalue weighted by atomic mass is 10.0. The minimum atomic E-state index is -0.236. The highest BCUT2D eigenvalue weighted by atomic mass is 19.1. The zero-order chi connectivity index (χ0) is 21.3. The fourth-order valence-corrected chi connectivity index (χ4v) is 3.62. The summed E-state index contributed by atoms with van der Waals surface area (Å²) in [6.07, 6.45) is 1.92. The number of nitrogens with zero attached hydrogens (tertiary/aromatic N) is 4. The third-order valence-electron chi connectivity index (χ3n) is 5.38. The van der Waals surface area contributed by atoms with Gasteiger partial charge in [0.25, 0.3) is 0 Å². The molecular weight excluding hydrogens is 379 g/mol. The summed E-state index contributed by atoms with van der Waals surface area (Å²) in [5.41, 5.74) is 6.89. The van der Waals surface area contributed by atoms with Crippen LogP contribution in [0.3, 0.4) is 0 Å². The number of rotatable bonds is 6. The van der Waals surface area contributed by atoms with Gasteiger partial charge in [-0.25, -0.2) is 9.07 Å². The van der Waals surface area contributed by atoms with E-state index in [4.69, 9.17) is 9.62 Å². The summed E-state index contributed by atoms with van der Waals surface area (Å²) in [6, 6.07) is 14.6. The predicted molar refractivity (Wildman–Crippen MR) is 116 cm³/mol. The molecule has 4 aromatic rings. The molecule has 154 valence electrons. The molecule has 0 aliphatic carbocycles. The highest BCUT2D eigenvalue weighted by Crippen LogP contribution is 2.33. The third-order valence-corrected chi connectivity index (χ3v) is 5.38. The van der Waals surface area contributed by atoms with E-state index in [-0.39, 0.29) is 5.82 Å². The lowest BCUT2D eigenvalue weighted by Crippen LogP contribution is -2.17.